The summed E-state index contributed by atoms with van der Waals surface area (Å²) in [6, 6.07) is 19.4. The fourth-order valence-electron chi connectivity index (χ4n) is 4.14. The van der Waals surface area contributed by atoms with Gasteiger partial charge in [-0.15, -0.1) is 0 Å². The summed E-state index contributed by atoms with van der Waals surface area (Å²) in [5.41, 5.74) is 3.14. The molecule has 4 rings (SSSR count). The largest absolute Gasteiger partial charge is 0.478 e. The first kappa shape index (κ1) is 26.1. The third-order valence-corrected chi connectivity index (χ3v) is 6.68. The normalized spacial score (nSPS) is 12.4. The van der Waals surface area contributed by atoms with Crippen LogP contribution < -0.4 is 5.56 Å². The summed E-state index contributed by atoms with van der Waals surface area (Å²) < 4.78 is 15.6. The Labute approximate surface area is 221 Å². The van der Waals surface area contributed by atoms with Crippen LogP contribution in [0.15, 0.2) is 88.9 Å². The highest BCUT2D eigenvalue weighted by molar-refractivity contribution is 6.35. The summed E-state index contributed by atoms with van der Waals surface area (Å²) in [4.78, 5) is 22.9. The van der Waals surface area contributed by atoms with Crippen LogP contribution in [0.2, 0.25) is 10.0 Å². The van der Waals surface area contributed by atoms with E-state index in [1.807, 2.05) is 12.1 Å². The number of carboxylic acid groups (broad SMARTS) is 1. The van der Waals surface area contributed by atoms with E-state index in [2.05, 4.69) is 5.16 Å². The van der Waals surface area contributed by atoms with Crippen molar-refractivity contribution in [2.75, 3.05) is 0 Å². The van der Waals surface area contributed by atoms with Gasteiger partial charge in [-0.2, -0.15) is 0 Å². The summed E-state index contributed by atoms with van der Waals surface area (Å²) in [5, 5.41) is 23.3. The van der Waals surface area contributed by atoms with Gasteiger partial charge in [0.1, 0.15) is 5.82 Å². The quantitative estimate of drug-likeness (QED) is 0.157. The van der Waals surface area contributed by atoms with Crippen molar-refractivity contribution in [1.29, 1.82) is 0 Å². The molecular weight excluding hydrogens is 518 g/mol. The maximum atomic E-state index is 14.2. The molecule has 1 aromatic heterocycles. The Morgan fingerprint density at radius 1 is 1.00 bits per heavy atom. The summed E-state index contributed by atoms with van der Waals surface area (Å²) in [5.74, 6) is -2.50. The van der Waals surface area contributed by atoms with Crippen LogP contribution in [0.25, 0.3) is 11.1 Å². The van der Waals surface area contributed by atoms with Crippen LogP contribution in [0.4, 0.5) is 4.39 Å². The molecule has 0 aliphatic rings. The lowest BCUT2D eigenvalue weighted by molar-refractivity contribution is 0.0692. The van der Waals surface area contributed by atoms with Gasteiger partial charge in [0, 0.05) is 47.3 Å². The zero-order valence-corrected chi connectivity index (χ0v) is 21.0. The summed E-state index contributed by atoms with van der Waals surface area (Å²) in [7, 11) is 1.61. The molecule has 0 fully saturated rings. The molecule has 1 atom stereocenters. The average Bonchev–Trinajstić information content (AvgIpc) is 2.87. The highest BCUT2D eigenvalue weighted by atomic mass is 35.5. The van der Waals surface area contributed by atoms with Crippen LogP contribution in [0.3, 0.4) is 0 Å². The molecule has 9 heteroatoms. The standard InChI is InChI=1S/C28H21Cl2FN2O4/c1-33-15-19(7-11-27(33)34)26(32-37)14-23(21-10-8-20(29)13-24(21)30)17-4-2-16(3-5-17)18-6-9-22(28(35)36)25(31)12-18/h2-13,15,23,37H,14H2,1H3,(H,35,36)/b32-26-. The van der Waals surface area contributed by atoms with Crippen LogP contribution >= 0.6 is 23.2 Å². The zero-order chi connectivity index (χ0) is 26.7. The average molecular weight is 539 g/mol. The van der Waals surface area contributed by atoms with E-state index in [9.17, 15) is 19.2 Å². The smallest absolute Gasteiger partial charge is 0.338 e. The second-order valence-corrected chi connectivity index (χ2v) is 9.30. The Morgan fingerprint density at radius 2 is 1.70 bits per heavy atom. The minimum absolute atomic E-state index is 0.193. The number of oxime groups is 1. The van der Waals surface area contributed by atoms with E-state index in [1.165, 1.54) is 22.8 Å². The molecule has 188 valence electrons. The second-order valence-electron chi connectivity index (χ2n) is 8.46. The van der Waals surface area contributed by atoms with Crippen molar-refractivity contribution in [2.24, 2.45) is 12.2 Å². The number of carbonyl (C=O) groups is 1. The third kappa shape index (κ3) is 5.74. The Bertz CT molecular complexity index is 1570. The third-order valence-electron chi connectivity index (χ3n) is 6.12. The van der Waals surface area contributed by atoms with Gasteiger partial charge in [-0.1, -0.05) is 64.8 Å². The van der Waals surface area contributed by atoms with Crippen molar-refractivity contribution in [3.05, 3.63) is 127 Å². The predicted molar refractivity (Wildman–Crippen MR) is 142 cm³/mol. The van der Waals surface area contributed by atoms with Gasteiger partial charge in [0.15, 0.2) is 0 Å². The predicted octanol–water partition coefficient (Wildman–Crippen LogP) is 6.60. The van der Waals surface area contributed by atoms with Gasteiger partial charge in [-0.05, 0) is 52.6 Å². The number of pyridine rings is 1. The van der Waals surface area contributed by atoms with E-state index in [0.717, 1.165) is 11.1 Å². The van der Waals surface area contributed by atoms with Crippen LogP contribution in [0.1, 0.15) is 39.4 Å². The number of nitrogens with zero attached hydrogens (tertiary/aromatic N) is 2. The van der Waals surface area contributed by atoms with E-state index in [4.69, 9.17) is 28.3 Å². The lowest BCUT2D eigenvalue weighted by Gasteiger charge is -2.21. The Kier molecular flexibility index (Phi) is 7.76. The number of hydrogen-bond donors (Lipinski definition) is 2. The molecule has 6 nitrogen and oxygen atoms in total. The van der Waals surface area contributed by atoms with Gasteiger partial charge in [0.25, 0.3) is 0 Å². The van der Waals surface area contributed by atoms with Crippen LogP contribution in [0.5, 0.6) is 0 Å². The van der Waals surface area contributed by atoms with Crippen LogP contribution in [-0.2, 0) is 7.05 Å². The van der Waals surface area contributed by atoms with E-state index in [0.29, 0.717) is 32.4 Å². The Morgan fingerprint density at radius 3 is 2.30 bits per heavy atom. The first-order chi connectivity index (χ1) is 17.7. The lowest BCUT2D eigenvalue weighted by Crippen LogP contribution is -2.18. The molecule has 0 aliphatic carbocycles. The first-order valence-corrected chi connectivity index (χ1v) is 11.9. The SMILES string of the molecule is Cn1cc(/C(CC(c2ccc(-c3ccc(C(=O)O)c(F)c3)cc2)c2ccc(Cl)cc2Cl)=N\O)ccc1=O. The summed E-state index contributed by atoms with van der Waals surface area (Å²) in [6.07, 6.45) is 1.84. The van der Waals surface area contributed by atoms with Crippen molar-refractivity contribution < 1.29 is 19.5 Å². The van der Waals surface area contributed by atoms with Gasteiger partial charge in [0.2, 0.25) is 5.56 Å². The van der Waals surface area contributed by atoms with Crippen molar-refractivity contribution in [2.45, 2.75) is 12.3 Å². The number of carboxylic acids is 1. The Balaban J connectivity index is 1.74. The van der Waals surface area contributed by atoms with Gasteiger partial charge in [-0.3, -0.25) is 4.79 Å². The lowest BCUT2D eigenvalue weighted by atomic mass is 9.85. The number of benzene rings is 3. The molecule has 1 heterocycles. The van der Waals surface area contributed by atoms with Crippen molar-refractivity contribution in [3.63, 3.8) is 0 Å². The number of hydrogen-bond acceptors (Lipinski definition) is 4. The monoisotopic (exact) mass is 538 g/mol. The molecule has 0 saturated carbocycles. The number of aromatic carboxylic acids is 1. The molecule has 1 unspecified atom stereocenters. The highest BCUT2D eigenvalue weighted by Crippen LogP contribution is 2.36. The summed E-state index contributed by atoms with van der Waals surface area (Å²) >= 11 is 12.7. The maximum absolute atomic E-state index is 14.2. The van der Waals surface area contributed by atoms with E-state index in [1.54, 1.807) is 55.7 Å². The molecule has 0 aliphatic heterocycles. The topological polar surface area (TPSA) is 91.9 Å². The van der Waals surface area contributed by atoms with Gasteiger partial charge < -0.3 is 14.9 Å². The molecule has 3 aromatic carbocycles. The van der Waals surface area contributed by atoms with Gasteiger partial charge >= 0.3 is 5.97 Å². The van der Waals surface area contributed by atoms with Gasteiger partial charge in [0.05, 0.1) is 11.3 Å². The van der Waals surface area contributed by atoms with E-state index in [-0.39, 0.29) is 17.9 Å². The highest BCUT2D eigenvalue weighted by Gasteiger charge is 2.22. The van der Waals surface area contributed by atoms with Crippen LogP contribution in [-0.4, -0.2) is 26.6 Å². The zero-order valence-electron chi connectivity index (χ0n) is 19.5. The number of aromatic nitrogens is 1. The molecule has 2 N–H and O–H groups in total. The van der Waals surface area contributed by atoms with Crippen molar-refractivity contribution in [3.8, 4) is 11.1 Å². The molecule has 0 amide bonds. The van der Waals surface area contributed by atoms with E-state index >= 15 is 0 Å². The molecule has 37 heavy (non-hydrogen) atoms. The molecular formula is C28H21Cl2FN2O4. The first-order valence-electron chi connectivity index (χ1n) is 11.1. The van der Waals surface area contributed by atoms with Crippen molar-refractivity contribution in [1.82, 2.24) is 4.57 Å². The summed E-state index contributed by atoms with van der Waals surface area (Å²) in [6.45, 7) is 0. The molecule has 0 saturated heterocycles. The maximum Gasteiger partial charge on any atom is 0.338 e. The Hall–Kier alpha value is -3.94. The number of aryl methyl sites for hydroxylation is 1. The minimum Gasteiger partial charge on any atom is -0.478 e. The second kappa shape index (κ2) is 11.0. The fraction of sp³-hybridized carbons (Fsp3) is 0.107. The molecule has 0 bridgehead atoms. The van der Waals surface area contributed by atoms with Gasteiger partial charge in [-0.25, -0.2) is 9.18 Å². The molecule has 0 radical (unpaired) electrons. The fourth-order valence-corrected chi connectivity index (χ4v) is 4.68. The number of halogens is 3. The van der Waals surface area contributed by atoms with Crippen LogP contribution in [0, 0.1) is 5.82 Å². The van der Waals surface area contributed by atoms with E-state index < -0.39 is 17.3 Å². The number of rotatable bonds is 7. The molecule has 4 aromatic rings. The minimum atomic E-state index is -1.33. The van der Waals surface area contributed by atoms with Crippen molar-refractivity contribution >= 4 is 34.9 Å². The molecule has 0 spiro atoms.